The topological polar surface area (TPSA) is 72.1 Å². The molecule has 0 spiro atoms. The molecule has 0 saturated heterocycles. The highest BCUT2D eigenvalue weighted by Gasteiger charge is 2.26. The molecule has 4 rings (SSSR count). The highest BCUT2D eigenvalue weighted by atomic mass is 19.2. The molecule has 0 fully saturated rings. The number of carbonyl (C=O) groups is 1. The third-order valence-corrected chi connectivity index (χ3v) is 5.89. The molecule has 0 atom stereocenters. The summed E-state index contributed by atoms with van der Waals surface area (Å²) in [5.74, 6) is -7.50. The molecule has 4 aromatic rings. The molecule has 0 aliphatic heterocycles. The summed E-state index contributed by atoms with van der Waals surface area (Å²) in [5, 5.41) is 0. The van der Waals surface area contributed by atoms with E-state index in [1.54, 1.807) is 24.3 Å². The maximum absolute atomic E-state index is 14.4. The Morgan fingerprint density at radius 3 is 2.22 bits per heavy atom. The van der Waals surface area contributed by atoms with E-state index >= 15 is 0 Å². The lowest BCUT2D eigenvalue weighted by Gasteiger charge is -2.21. The van der Waals surface area contributed by atoms with Gasteiger partial charge in [-0.05, 0) is 30.2 Å². The fraction of sp³-hybridized carbons (Fsp3) is 0.148. The molecule has 0 radical (unpaired) electrons. The Balaban J connectivity index is 1.71. The van der Waals surface area contributed by atoms with Gasteiger partial charge in [0.25, 0.3) is 0 Å². The minimum Gasteiger partial charge on any atom is -0.399 e. The van der Waals surface area contributed by atoms with Crippen LogP contribution in [0.5, 0.6) is 0 Å². The number of anilines is 2. The first-order chi connectivity index (χ1) is 17.2. The first-order valence-corrected chi connectivity index (χ1v) is 11.0. The van der Waals surface area contributed by atoms with Gasteiger partial charge in [-0.15, -0.1) is 0 Å². The lowest BCUT2D eigenvalue weighted by Crippen LogP contribution is -2.31. The van der Waals surface area contributed by atoms with E-state index < -0.39 is 46.7 Å². The number of carbonyl (C=O) groups excluding carboxylic acids is 1. The summed E-state index contributed by atoms with van der Waals surface area (Å²) in [6.45, 7) is 1.09. The number of hydrogen-bond acceptors (Lipinski definition) is 4. The van der Waals surface area contributed by atoms with Crippen LogP contribution in [0.4, 0.5) is 29.1 Å². The van der Waals surface area contributed by atoms with Crippen molar-refractivity contribution in [1.29, 1.82) is 0 Å². The van der Waals surface area contributed by atoms with Crippen molar-refractivity contribution in [2.24, 2.45) is 0 Å². The van der Waals surface area contributed by atoms with Crippen molar-refractivity contribution >= 4 is 17.4 Å². The number of benzene rings is 3. The minimum absolute atomic E-state index is 0.198. The molecule has 36 heavy (non-hydrogen) atoms. The van der Waals surface area contributed by atoms with E-state index in [0.29, 0.717) is 23.5 Å². The Bertz CT molecular complexity index is 1400. The van der Waals surface area contributed by atoms with Gasteiger partial charge >= 0.3 is 0 Å². The van der Waals surface area contributed by atoms with Crippen molar-refractivity contribution in [3.8, 4) is 11.3 Å². The number of rotatable bonds is 6. The van der Waals surface area contributed by atoms with Crippen LogP contribution >= 0.6 is 0 Å². The van der Waals surface area contributed by atoms with Gasteiger partial charge in [-0.1, -0.05) is 42.5 Å². The van der Waals surface area contributed by atoms with E-state index in [1.807, 2.05) is 30.3 Å². The fourth-order valence-electron chi connectivity index (χ4n) is 3.79. The SMILES string of the molecule is Cc1c(F)c(F)c(F)c(F)c1CC(=O)N(C)c1ncc(-c2ccc(N)cc2)nc1Cc1ccccc1. The summed E-state index contributed by atoms with van der Waals surface area (Å²) in [5.41, 5.74) is 8.02. The molecule has 0 aliphatic carbocycles. The van der Waals surface area contributed by atoms with Gasteiger partial charge in [-0.25, -0.2) is 27.5 Å². The van der Waals surface area contributed by atoms with E-state index in [4.69, 9.17) is 10.7 Å². The summed E-state index contributed by atoms with van der Waals surface area (Å²) in [6, 6.07) is 16.4. The van der Waals surface area contributed by atoms with Gasteiger partial charge in [0.2, 0.25) is 5.91 Å². The third kappa shape index (κ3) is 4.91. The van der Waals surface area contributed by atoms with E-state index in [1.165, 1.54) is 13.2 Å². The Morgan fingerprint density at radius 1 is 0.917 bits per heavy atom. The molecule has 0 unspecified atom stereocenters. The van der Waals surface area contributed by atoms with Crippen molar-refractivity contribution in [2.45, 2.75) is 19.8 Å². The molecule has 1 heterocycles. The maximum Gasteiger partial charge on any atom is 0.232 e. The fourth-order valence-corrected chi connectivity index (χ4v) is 3.79. The molecule has 9 heteroatoms. The summed E-state index contributed by atoms with van der Waals surface area (Å²) < 4.78 is 55.7. The smallest absolute Gasteiger partial charge is 0.232 e. The molecule has 3 aromatic carbocycles. The van der Waals surface area contributed by atoms with Gasteiger partial charge in [0.15, 0.2) is 29.1 Å². The van der Waals surface area contributed by atoms with E-state index in [2.05, 4.69) is 4.98 Å². The van der Waals surface area contributed by atoms with Crippen LogP contribution in [0.2, 0.25) is 0 Å². The predicted molar refractivity (Wildman–Crippen MR) is 129 cm³/mol. The average Bonchev–Trinajstić information content (AvgIpc) is 2.89. The van der Waals surface area contributed by atoms with Crippen molar-refractivity contribution in [1.82, 2.24) is 9.97 Å². The number of aromatic nitrogens is 2. The molecule has 1 aromatic heterocycles. The zero-order valence-corrected chi connectivity index (χ0v) is 19.5. The van der Waals surface area contributed by atoms with Crippen molar-refractivity contribution in [3.05, 3.63) is 106 Å². The Labute approximate surface area is 205 Å². The van der Waals surface area contributed by atoms with Gasteiger partial charge in [0.05, 0.1) is 24.0 Å². The largest absolute Gasteiger partial charge is 0.399 e. The van der Waals surface area contributed by atoms with E-state index in [9.17, 15) is 22.4 Å². The monoisotopic (exact) mass is 494 g/mol. The van der Waals surface area contributed by atoms with Crippen LogP contribution in [0.3, 0.4) is 0 Å². The lowest BCUT2D eigenvalue weighted by atomic mass is 10.0. The summed E-state index contributed by atoms with van der Waals surface area (Å²) >= 11 is 0. The quantitative estimate of drug-likeness (QED) is 0.169. The van der Waals surface area contributed by atoms with Gasteiger partial charge < -0.3 is 5.73 Å². The Morgan fingerprint density at radius 2 is 1.56 bits per heavy atom. The Hall–Kier alpha value is -4.27. The summed E-state index contributed by atoms with van der Waals surface area (Å²) in [6.07, 6.45) is 1.12. The second kappa shape index (κ2) is 10.2. The Kier molecular flexibility index (Phi) is 7.00. The zero-order chi connectivity index (χ0) is 26.0. The summed E-state index contributed by atoms with van der Waals surface area (Å²) in [4.78, 5) is 23.4. The first-order valence-electron chi connectivity index (χ1n) is 11.0. The van der Waals surface area contributed by atoms with Gasteiger partial charge in [-0.3, -0.25) is 9.69 Å². The number of nitrogens with two attached hydrogens (primary N) is 1. The molecule has 2 N–H and O–H groups in total. The predicted octanol–water partition coefficient (Wildman–Crippen LogP) is 5.39. The second-order valence-corrected chi connectivity index (χ2v) is 8.30. The molecule has 1 amide bonds. The average molecular weight is 494 g/mol. The molecule has 0 bridgehead atoms. The van der Waals surface area contributed by atoms with Crippen LogP contribution in [0, 0.1) is 30.2 Å². The third-order valence-electron chi connectivity index (χ3n) is 5.89. The highest BCUT2D eigenvalue weighted by Crippen LogP contribution is 2.27. The van der Waals surface area contributed by atoms with Crippen molar-refractivity contribution in [2.75, 3.05) is 17.7 Å². The summed E-state index contributed by atoms with van der Waals surface area (Å²) in [7, 11) is 1.41. The molecule has 0 saturated carbocycles. The standard InChI is InChI=1S/C27H22F4N4O/c1-15-19(24(29)26(31)25(30)23(15)28)13-22(36)35(2)27-20(12-16-6-4-3-5-7-16)34-21(14-33-27)17-8-10-18(32)11-9-17/h3-11,14H,12-13,32H2,1-2H3. The van der Waals surface area contributed by atoms with E-state index in [0.717, 1.165) is 23.0 Å². The van der Waals surface area contributed by atoms with E-state index in [-0.39, 0.29) is 5.82 Å². The molecular formula is C27H22F4N4O. The van der Waals surface area contributed by atoms with Crippen LogP contribution in [0.25, 0.3) is 11.3 Å². The molecule has 0 aliphatic rings. The van der Waals surface area contributed by atoms with Crippen LogP contribution in [-0.2, 0) is 17.6 Å². The maximum atomic E-state index is 14.4. The number of nitrogens with zero attached hydrogens (tertiary/aromatic N) is 3. The minimum atomic E-state index is -1.96. The van der Waals surface area contributed by atoms with Crippen LogP contribution in [0.15, 0.2) is 60.8 Å². The van der Waals surface area contributed by atoms with Gasteiger partial charge in [-0.2, -0.15) is 0 Å². The normalized spacial score (nSPS) is 10.9. The molecule has 5 nitrogen and oxygen atoms in total. The molecule has 184 valence electrons. The number of amides is 1. The number of halogens is 4. The lowest BCUT2D eigenvalue weighted by molar-refractivity contribution is -0.117. The van der Waals surface area contributed by atoms with Gasteiger partial charge in [0.1, 0.15) is 0 Å². The van der Waals surface area contributed by atoms with Crippen LogP contribution in [0.1, 0.15) is 22.4 Å². The molecular weight excluding hydrogens is 472 g/mol. The van der Waals surface area contributed by atoms with Gasteiger partial charge in [0, 0.05) is 30.3 Å². The number of likely N-dealkylation sites (N-methyl/N-ethyl adjacent to an activating group) is 1. The van der Waals surface area contributed by atoms with Crippen molar-refractivity contribution in [3.63, 3.8) is 0 Å². The number of nitrogen functional groups attached to an aromatic ring is 1. The zero-order valence-electron chi connectivity index (χ0n) is 19.5. The number of hydrogen-bond donors (Lipinski definition) is 1. The second-order valence-electron chi connectivity index (χ2n) is 8.30. The van der Waals surface area contributed by atoms with Crippen molar-refractivity contribution < 1.29 is 22.4 Å². The highest BCUT2D eigenvalue weighted by molar-refractivity contribution is 5.94. The van der Waals surface area contributed by atoms with Crippen LogP contribution in [-0.4, -0.2) is 22.9 Å². The van der Waals surface area contributed by atoms with Crippen LogP contribution < -0.4 is 10.6 Å². The first kappa shape index (κ1) is 24.8.